The highest BCUT2D eigenvalue weighted by Gasteiger charge is 2.30. The molecule has 0 saturated heterocycles. The lowest BCUT2D eigenvalue weighted by Crippen LogP contribution is -2.48. The van der Waals surface area contributed by atoms with E-state index < -0.39 is 22.0 Å². The fourth-order valence-electron chi connectivity index (χ4n) is 2.11. The van der Waals surface area contributed by atoms with Crippen LogP contribution >= 0.6 is 35.0 Å². The second kappa shape index (κ2) is 8.84. The molecule has 5 nitrogen and oxygen atoms in total. The number of anilines is 1. The Morgan fingerprint density at radius 3 is 2.44 bits per heavy atom. The summed E-state index contributed by atoms with van der Waals surface area (Å²) in [5.41, 5.74) is 0.184. The third-order valence-corrected chi connectivity index (χ3v) is 6.23. The van der Waals surface area contributed by atoms with Gasteiger partial charge in [0.15, 0.2) is 0 Å². The standard InChI is InChI=1S/C16H24Cl2N2O3S2/c1-11(15(21)19-8-9-24-16(2,3)4)20(25(5,22)23)14-10-12(17)6-7-13(14)18/h6-7,10-11H,8-9H2,1-5H3,(H,19,21). The molecule has 0 saturated carbocycles. The molecular weight excluding hydrogens is 403 g/mol. The Balaban J connectivity index is 2.93. The number of halogens is 2. The number of hydrogen-bond acceptors (Lipinski definition) is 4. The lowest BCUT2D eigenvalue weighted by molar-refractivity contribution is -0.121. The van der Waals surface area contributed by atoms with E-state index in [9.17, 15) is 13.2 Å². The van der Waals surface area contributed by atoms with E-state index in [0.29, 0.717) is 11.6 Å². The molecule has 0 aromatic heterocycles. The lowest BCUT2D eigenvalue weighted by Gasteiger charge is -2.29. The van der Waals surface area contributed by atoms with Crippen LogP contribution in [0.4, 0.5) is 5.69 Å². The van der Waals surface area contributed by atoms with Gasteiger partial charge in [-0.3, -0.25) is 9.10 Å². The molecule has 1 atom stereocenters. The zero-order valence-electron chi connectivity index (χ0n) is 15.0. The van der Waals surface area contributed by atoms with Crippen LogP contribution in [-0.4, -0.2) is 43.7 Å². The number of carbonyl (C=O) groups excluding carboxylic acids is 1. The van der Waals surface area contributed by atoms with Gasteiger partial charge in [0.25, 0.3) is 0 Å². The number of benzene rings is 1. The number of rotatable bonds is 7. The van der Waals surface area contributed by atoms with Gasteiger partial charge in [-0.2, -0.15) is 11.8 Å². The zero-order chi connectivity index (χ0) is 19.4. The van der Waals surface area contributed by atoms with Crippen LogP contribution in [0.1, 0.15) is 27.7 Å². The highest BCUT2D eigenvalue weighted by molar-refractivity contribution is 8.00. The molecule has 1 rings (SSSR count). The van der Waals surface area contributed by atoms with Crippen molar-refractivity contribution in [3.05, 3.63) is 28.2 Å². The Morgan fingerprint density at radius 2 is 1.92 bits per heavy atom. The molecule has 0 aliphatic carbocycles. The van der Waals surface area contributed by atoms with E-state index in [0.717, 1.165) is 16.3 Å². The van der Waals surface area contributed by atoms with Crippen molar-refractivity contribution in [3.8, 4) is 0 Å². The van der Waals surface area contributed by atoms with E-state index in [-0.39, 0.29) is 15.5 Å². The predicted molar refractivity (Wildman–Crippen MR) is 108 cm³/mol. The van der Waals surface area contributed by atoms with Gasteiger partial charge in [0.05, 0.1) is 17.0 Å². The maximum atomic E-state index is 12.4. The van der Waals surface area contributed by atoms with Crippen molar-refractivity contribution in [1.82, 2.24) is 5.32 Å². The summed E-state index contributed by atoms with van der Waals surface area (Å²) in [6.45, 7) is 8.24. The van der Waals surface area contributed by atoms with Crippen LogP contribution in [0, 0.1) is 0 Å². The third kappa shape index (κ3) is 7.25. The first-order chi connectivity index (χ1) is 11.3. The Hall–Kier alpha value is -0.630. The summed E-state index contributed by atoms with van der Waals surface area (Å²) in [6.07, 6.45) is 1.03. The largest absolute Gasteiger partial charge is 0.353 e. The van der Waals surface area contributed by atoms with Gasteiger partial charge in [-0.05, 0) is 25.1 Å². The van der Waals surface area contributed by atoms with Crippen LogP contribution in [0.2, 0.25) is 10.0 Å². The van der Waals surface area contributed by atoms with Crippen molar-refractivity contribution in [2.24, 2.45) is 0 Å². The minimum atomic E-state index is -3.73. The monoisotopic (exact) mass is 426 g/mol. The maximum Gasteiger partial charge on any atom is 0.243 e. The molecule has 1 unspecified atom stereocenters. The van der Waals surface area contributed by atoms with E-state index in [2.05, 4.69) is 26.1 Å². The van der Waals surface area contributed by atoms with Gasteiger partial charge in [-0.25, -0.2) is 8.42 Å². The van der Waals surface area contributed by atoms with E-state index in [1.165, 1.54) is 19.1 Å². The Bertz CT molecular complexity index is 719. The first-order valence-corrected chi connectivity index (χ1v) is 11.3. The second-order valence-corrected chi connectivity index (χ2v) is 11.2. The van der Waals surface area contributed by atoms with Crippen molar-refractivity contribution in [2.45, 2.75) is 38.5 Å². The highest BCUT2D eigenvalue weighted by atomic mass is 35.5. The van der Waals surface area contributed by atoms with E-state index in [4.69, 9.17) is 23.2 Å². The molecule has 1 aromatic rings. The predicted octanol–water partition coefficient (Wildman–Crippen LogP) is 3.80. The fraction of sp³-hybridized carbons (Fsp3) is 0.562. The normalized spacial score (nSPS) is 13.4. The van der Waals surface area contributed by atoms with Gasteiger partial charge in [0.1, 0.15) is 6.04 Å². The first-order valence-electron chi connectivity index (χ1n) is 7.69. The van der Waals surface area contributed by atoms with Gasteiger partial charge >= 0.3 is 0 Å². The Labute approximate surface area is 164 Å². The van der Waals surface area contributed by atoms with Crippen LogP contribution in [0.3, 0.4) is 0 Å². The molecule has 142 valence electrons. The van der Waals surface area contributed by atoms with Crippen molar-refractivity contribution in [2.75, 3.05) is 22.9 Å². The summed E-state index contributed by atoms with van der Waals surface area (Å²) < 4.78 is 25.6. The van der Waals surface area contributed by atoms with Gasteiger partial charge in [0.2, 0.25) is 15.9 Å². The molecule has 0 fully saturated rings. The summed E-state index contributed by atoms with van der Waals surface area (Å²) in [6, 6.07) is 3.54. The molecule has 1 aromatic carbocycles. The molecule has 0 spiro atoms. The first kappa shape index (κ1) is 22.4. The third-order valence-electron chi connectivity index (χ3n) is 3.17. The maximum absolute atomic E-state index is 12.4. The molecule has 9 heteroatoms. The summed E-state index contributed by atoms with van der Waals surface area (Å²) in [5, 5.41) is 3.31. The molecule has 25 heavy (non-hydrogen) atoms. The van der Waals surface area contributed by atoms with Crippen LogP contribution in [0.5, 0.6) is 0 Å². The minimum Gasteiger partial charge on any atom is -0.353 e. The molecule has 0 bridgehead atoms. The number of carbonyl (C=O) groups is 1. The van der Waals surface area contributed by atoms with Crippen molar-refractivity contribution in [1.29, 1.82) is 0 Å². The summed E-state index contributed by atoms with van der Waals surface area (Å²) in [4.78, 5) is 12.4. The Morgan fingerprint density at radius 1 is 1.32 bits per heavy atom. The molecule has 0 heterocycles. The number of nitrogens with one attached hydrogen (secondary N) is 1. The smallest absolute Gasteiger partial charge is 0.243 e. The molecule has 0 aliphatic rings. The van der Waals surface area contributed by atoms with Gasteiger partial charge in [-0.1, -0.05) is 44.0 Å². The van der Waals surface area contributed by atoms with Gasteiger partial charge in [0, 0.05) is 22.1 Å². The second-order valence-electron chi connectivity index (χ2n) is 6.58. The quantitative estimate of drug-likeness (QED) is 0.673. The van der Waals surface area contributed by atoms with Crippen molar-refractivity contribution >= 4 is 56.6 Å². The van der Waals surface area contributed by atoms with Crippen LogP contribution < -0.4 is 9.62 Å². The average Bonchev–Trinajstić information content (AvgIpc) is 2.44. The minimum absolute atomic E-state index is 0.101. The fourth-order valence-corrected chi connectivity index (χ4v) is 4.53. The number of nitrogens with zero attached hydrogens (tertiary/aromatic N) is 1. The molecule has 0 aliphatic heterocycles. The molecular formula is C16H24Cl2N2O3S2. The highest BCUT2D eigenvalue weighted by Crippen LogP contribution is 2.32. The number of hydrogen-bond donors (Lipinski definition) is 1. The SMILES string of the molecule is CC(C(=O)NCCSC(C)(C)C)N(c1cc(Cl)ccc1Cl)S(C)(=O)=O. The zero-order valence-corrected chi connectivity index (χ0v) is 18.1. The van der Waals surface area contributed by atoms with Crippen molar-refractivity contribution < 1.29 is 13.2 Å². The van der Waals surface area contributed by atoms with Crippen molar-refractivity contribution in [3.63, 3.8) is 0 Å². The molecule has 1 amide bonds. The Kier molecular flexibility index (Phi) is 7.93. The molecule has 0 radical (unpaired) electrons. The summed E-state index contributed by atoms with van der Waals surface area (Å²) in [7, 11) is -3.73. The number of amides is 1. The van der Waals surface area contributed by atoms with Gasteiger partial charge < -0.3 is 5.32 Å². The van der Waals surface area contributed by atoms with E-state index in [1.807, 2.05) is 0 Å². The summed E-state index contributed by atoms with van der Waals surface area (Å²) >= 11 is 13.8. The van der Waals surface area contributed by atoms with Crippen LogP contribution in [0.25, 0.3) is 0 Å². The van der Waals surface area contributed by atoms with E-state index >= 15 is 0 Å². The number of sulfonamides is 1. The van der Waals surface area contributed by atoms with E-state index in [1.54, 1.807) is 17.8 Å². The van der Waals surface area contributed by atoms with Crippen LogP contribution in [-0.2, 0) is 14.8 Å². The lowest BCUT2D eigenvalue weighted by atomic mass is 10.2. The van der Waals surface area contributed by atoms with Crippen LogP contribution in [0.15, 0.2) is 18.2 Å². The number of thioether (sulfide) groups is 1. The van der Waals surface area contributed by atoms with Gasteiger partial charge in [-0.15, -0.1) is 0 Å². The topological polar surface area (TPSA) is 66.5 Å². The average molecular weight is 427 g/mol. The molecule has 1 N–H and O–H groups in total. The summed E-state index contributed by atoms with van der Waals surface area (Å²) in [5.74, 6) is 0.342.